The van der Waals surface area contributed by atoms with Crippen LogP contribution in [0.1, 0.15) is 46.5 Å². The van der Waals surface area contributed by atoms with Crippen LogP contribution in [0.15, 0.2) is 0 Å². The van der Waals surface area contributed by atoms with Gasteiger partial charge in [-0.15, -0.1) is 26.4 Å². The molecule has 1 heterocycles. The lowest BCUT2D eigenvalue weighted by Crippen LogP contribution is -2.27. The minimum atomic E-state index is -0.977. The van der Waals surface area contributed by atoms with Crippen molar-refractivity contribution in [1.82, 2.24) is 0 Å². The van der Waals surface area contributed by atoms with E-state index in [0.717, 1.165) is 25.4 Å². The first-order chi connectivity index (χ1) is 14.0. The van der Waals surface area contributed by atoms with Gasteiger partial charge < -0.3 is 19.7 Å². The van der Waals surface area contributed by atoms with Crippen molar-refractivity contribution in [1.29, 1.82) is 0 Å². The highest BCUT2D eigenvalue weighted by molar-refractivity contribution is 7.72. The standard InChI is InChI=1S/C13H24BO2P.C11H23O2P/c1-13(2)15-11-9(6-7-17(3,4)5)8-10(14)12(11)16-13;1-8-7-9(11(13)10(8)12)5-6-14(2,3)4/h9-12H,3,6-8H2,1-2,4-5H3;8-13H,2,5-7H2,1,3-4H3/t9-,10+,11+,12?;8-,9+,10+,11-/m01/s1. The van der Waals surface area contributed by atoms with Crippen LogP contribution in [0.5, 0.6) is 0 Å². The minimum Gasteiger partial charge on any atom is -0.390 e. The van der Waals surface area contributed by atoms with Crippen LogP contribution in [0, 0.1) is 17.8 Å². The van der Waals surface area contributed by atoms with E-state index in [1.165, 1.54) is 12.6 Å². The van der Waals surface area contributed by atoms with E-state index in [1.54, 1.807) is 0 Å². The van der Waals surface area contributed by atoms with Crippen molar-refractivity contribution in [3.63, 3.8) is 0 Å². The van der Waals surface area contributed by atoms with Crippen molar-refractivity contribution in [2.45, 2.75) is 82.5 Å². The Balaban J connectivity index is 0.000000225. The molecule has 0 aromatic heterocycles. The molecule has 0 aromatic carbocycles. The molecule has 31 heavy (non-hydrogen) atoms. The van der Waals surface area contributed by atoms with Crippen LogP contribution < -0.4 is 0 Å². The number of hydrogen-bond donors (Lipinski definition) is 2. The van der Waals surface area contributed by atoms with E-state index in [4.69, 9.17) is 17.3 Å². The van der Waals surface area contributed by atoms with Crippen molar-refractivity contribution < 1.29 is 19.7 Å². The Bertz CT molecular complexity index is 685. The second-order valence-corrected chi connectivity index (χ2v) is 20.7. The van der Waals surface area contributed by atoms with Crippen molar-refractivity contribution in [2.24, 2.45) is 17.8 Å². The van der Waals surface area contributed by atoms with E-state index in [1.807, 2.05) is 20.8 Å². The zero-order valence-electron chi connectivity index (χ0n) is 21.0. The molecule has 7 heteroatoms. The first kappa shape index (κ1) is 27.7. The Morgan fingerprint density at radius 2 is 1.35 bits per heavy atom. The predicted octanol–water partition coefficient (Wildman–Crippen LogP) is 4.05. The summed E-state index contributed by atoms with van der Waals surface area (Å²) in [6.45, 7) is 13.1. The summed E-state index contributed by atoms with van der Waals surface area (Å²) in [7, 11) is 6.16. The molecule has 0 amide bonds. The van der Waals surface area contributed by atoms with Crippen molar-refractivity contribution in [3.8, 4) is 0 Å². The summed E-state index contributed by atoms with van der Waals surface area (Å²) in [5.74, 6) is 0.777. The zero-order chi connectivity index (χ0) is 23.8. The van der Waals surface area contributed by atoms with Gasteiger partial charge in [-0.05, 0) is 95.7 Å². The molecule has 0 aromatic rings. The number of ether oxygens (including phenoxy) is 2. The molecule has 3 aliphatic rings. The third-order valence-corrected chi connectivity index (χ3v) is 9.86. The Morgan fingerprint density at radius 3 is 1.81 bits per heavy atom. The quantitative estimate of drug-likeness (QED) is 0.453. The summed E-state index contributed by atoms with van der Waals surface area (Å²) >= 11 is 0. The highest BCUT2D eigenvalue weighted by Crippen LogP contribution is 2.49. The molecule has 1 aliphatic heterocycles. The molecule has 4 nitrogen and oxygen atoms in total. The number of fused-ring (bicyclic) bond motifs is 1. The fourth-order valence-corrected chi connectivity index (χ4v) is 7.17. The smallest absolute Gasteiger partial charge is 0.163 e. The molecule has 1 saturated heterocycles. The Hall–Kier alpha value is 0.505. The van der Waals surface area contributed by atoms with Gasteiger partial charge in [0.25, 0.3) is 0 Å². The third-order valence-electron chi connectivity index (χ3n) is 6.93. The third kappa shape index (κ3) is 8.34. The summed E-state index contributed by atoms with van der Waals surface area (Å²) in [6.07, 6.45) is 14.3. The maximum atomic E-state index is 9.77. The molecule has 8 atom stereocenters. The summed E-state index contributed by atoms with van der Waals surface area (Å²) in [5, 5.41) is 19.4. The highest BCUT2D eigenvalue weighted by atomic mass is 31.2. The lowest BCUT2D eigenvalue weighted by molar-refractivity contribution is -0.156. The van der Waals surface area contributed by atoms with Crippen molar-refractivity contribution in [3.05, 3.63) is 0 Å². The van der Waals surface area contributed by atoms with Crippen LogP contribution >= 0.6 is 13.8 Å². The van der Waals surface area contributed by atoms with Crippen LogP contribution in [-0.2, 0) is 9.47 Å². The van der Waals surface area contributed by atoms with Crippen molar-refractivity contribution in [2.75, 3.05) is 39.0 Å². The number of aliphatic hydroxyl groups excluding tert-OH is 2. The average molecular weight is 472 g/mol. The molecule has 0 bridgehead atoms. The molecular formula is C24H47BO4P2. The lowest BCUT2D eigenvalue weighted by Gasteiger charge is -2.24. The fourth-order valence-electron chi connectivity index (χ4n) is 5.10. The van der Waals surface area contributed by atoms with Gasteiger partial charge in [-0.2, -0.15) is 0 Å². The average Bonchev–Trinajstić information content (AvgIpc) is 3.16. The first-order valence-corrected chi connectivity index (χ1v) is 17.9. The Labute approximate surface area is 193 Å². The van der Waals surface area contributed by atoms with Gasteiger partial charge in [-0.25, -0.2) is 0 Å². The molecule has 2 N–H and O–H groups in total. The van der Waals surface area contributed by atoms with Gasteiger partial charge >= 0.3 is 0 Å². The maximum Gasteiger partial charge on any atom is 0.163 e. The van der Waals surface area contributed by atoms with E-state index < -0.39 is 31.8 Å². The summed E-state index contributed by atoms with van der Waals surface area (Å²) in [4.78, 5) is 0. The molecule has 3 rings (SSSR count). The van der Waals surface area contributed by atoms with Gasteiger partial charge in [-0.1, -0.05) is 13.3 Å². The maximum absolute atomic E-state index is 9.77. The van der Waals surface area contributed by atoms with Crippen LogP contribution in [0.4, 0.5) is 0 Å². The number of aliphatic hydroxyl groups is 2. The zero-order valence-corrected chi connectivity index (χ0v) is 22.7. The molecule has 2 aliphatic carbocycles. The normalized spacial score (nSPS) is 39.8. The first-order valence-electron chi connectivity index (χ1n) is 11.8. The summed E-state index contributed by atoms with van der Waals surface area (Å²) in [5.41, 5.74) is 0. The van der Waals surface area contributed by atoms with E-state index >= 15 is 0 Å². The molecule has 1 unspecified atom stereocenters. The Kier molecular flexibility index (Phi) is 9.32. The van der Waals surface area contributed by atoms with Gasteiger partial charge in [0.1, 0.15) is 0 Å². The van der Waals surface area contributed by atoms with Crippen LogP contribution in [-0.4, -0.2) is 99.8 Å². The van der Waals surface area contributed by atoms with E-state index in [0.29, 0.717) is 11.8 Å². The molecular weight excluding hydrogens is 425 g/mol. The van der Waals surface area contributed by atoms with E-state index in [2.05, 4.69) is 39.3 Å². The Morgan fingerprint density at radius 1 is 0.871 bits per heavy atom. The van der Waals surface area contributed by atoms with E-state index in [-0.39, 0.29) is 23.9 Å². The van der Waals surface area contributed by atoms with Gasteiger partial charge in [0.15, 0.2) is 5.79 Å². The fraction of sp³-hybridized carbons (Fsp3) is 0.917. The molecule has 3 fully saturated rings. The molecule has 180 valence electrons. The number of hydrogen-bond acceptors (Lipinski definition) is 4. The largest absolute Gasteiger partial charge is 0.390 e. The molecule has 2 radical (unpaired) electrons. The summed E-state index contributed by atoms with van der Waals surface area (Å²) < 4.78 is 11.9. The van der Waals surface area contributed by atoms with Crippen LogP contribution in [0.3, 0.4) is 0 Å². The second-order valence-electron chi connectivity index (χ2n) is 12.1. The van der Waals surface area contributed by atoms with Gasteiger partial charge in [0, 0.05) is 0 Å². The second kappa shape index (κ2) is 10.4. The lowest BCUT2D eigenvalue weighted by atomic mass is 9.83. The summed E-state index contributed by atoms with van der Waals surface area (Å²) in [6, 6.07) is 0. The van der Waals surface area contributed by atoms with E-state index in [9.17, 15) is 10.2 Å². The molecule has 2 saturated carbocycles. The van der Waals surface area contributed by atoms with Gasteiger partial charge in [0.05, 0.1) is 32.3 Å². The monoisotopic (exact) mass is 472 g/mol. The van der Waals surface area contributed by atoms with Crippen LogP contribution in [0.2, 0.25) is 5.82 Å². The highest BCUT2D eigenvalue weighted by Gasteiger charge is 2.51. The minimum absolute atomic E-state index is 0.0984. The van der Waals surface area contributed by atoms with Gasteiger partial charge in [-0.3, -0.25) is 0 Å². The molecule has 0 spiro atoms. The van der Waals surface area contributed by atoms with Gasteiger partial charge in [0.2, 0.25) is 0 Å². The van der Waals surface area contributed by atoms with Crippen LogP contribution in [0.25, 0.3) is 0 Å². The van der Waals surface area contributed by atoms with Crippen molar-refractivity contribution >= 4 is 34.2 Å². The topological polar surface area (TPSA) is 58.9 Å². The number of rotatable bonds is 6. The predicted molar refractivity (Wildman–Crippen MR) is 141 cm³/mol. The SMILES string of the molecule is C=P(C)(C)CC[C@H]1C[C@@H](C)[C@H](O)[C@@H]1O.[B][C@@H]1C[C@H](CCP(=C)(C)C)[C@H]2OC(C)(C)OC12.